The largest absolute Gasteiger partial charge is 0.505 e. The highest BCUT2D eigenvalue weighted by atomic mass is 79.9. The molecule has 0 saturated heterocycles. The molecule has 1 atom stereocenters. The van der Waals surface area contributed by atoms with E-state index in [9.17, 15) is 9.32 Å². The molecule has 0 spiro atoms. The second kappa shape index (κ2) is 4.08. The molecule has 72 valence electrons. The second-order valence-corrected chi connectivity index (χ2v) is 4.27. The van der Waals surface area contributed by atoms with Gasteiger partial charge in [-0.3, -0.25) is 0 Å². The first kappa shape index (κ1) is 10.5. The van der Waals surface area contributed by atoms with Crippen molar-refractivity contribution in [3.63, 3.8) is 0 Å². The minimum absolute atomic E-state index is 0.00306. The molecule has 0 saturated carbocycles. The van der Waals surface area contributed by atoms with Crippen LogP contribution in [0.1, 0.15) is 5.56 Å². The maximum atomic E-state index is 10.5. The number of phenolic OH excluding ortho intramolecular Hbond substituents is 1. The third kappa shape index (κ3) is 2.68. The van der Waals surface area contributed by atoms with Crippen LogP contribution in [0.3, 0.4) is 0 Å². The molecule has 0 radical (unpaired) electrons. The topological polar surface area (TPSA) is 83.6 Å². The van der Waals surface area contributed by atoms with Gasteiger partial charge in [-0.25, -0.2) is 4.21 Å². The molecule has 1 unspecified atom stereocenters. The van der Waals surface area contributed by atoms with Crippen LogP contribution in [0, 0.1) is 0 Å². The van der Waals surface area contributed by atoms with Crippen molar-refractivity contribution in [2.75, 3.05) is 5.73 Å². The molecule has 0 amide bonds. The molecule has 4 N–H and O–H groups in total. The summed E-state index contributed by atoms with van der Waals surface area (Å²) in [5.41, 5.74) is 6.23. The molecular weight excluding hydrogens is 258 g/mol. The van der Waals surface area contributed by atoms with Crippen LogP contribution in [0.4, 0.5) is 5.69 Å². The van der Waals surface area contributed by atoms with Crippen LogP contribution in [-0.4, -0.2) is 13.9 Å². The fourth-order valence-electron chi connectivity index (χ4n) is 0.905. The number of aromatic hydroxyl groups is 1. The van der Waals surface area contributed by atoms with E-state index in [2.05, 4.69) is 15.9 Å². The van der Waals surface area contributed by atoms with Gasteiger partial charge in [0.05, 0.1) is 15.9 Å². The summed E-state index contributed by atoms with van der Waals surface area (Å²) in [7, 11) is 0. The number of hydrogen-bond acceptors (Lipinski definition) is 3. The van der Waals surface area contributed by atoms with Crippen LogP contribution in [0.5, 0.6) is 5.75 Å². The molecule has 0 bridgehead atoms. The third-order valence-corrected chi connectivity index (χ3v) is 2.63. The van der Waals surface area contributed by atoms with Crippen LogP contribution in [-0.2, 0) is 16.8 Å². The Morgan fingerprint density at radius 1 is 1.54 bits per heavy atom. The fraction of sp³-hybridized carbons (Fsp3) is 0.143. The minimum Gasteiger partial charge on any atom is -0.505 e. The van der Waals surface area contributed by atoms with Crippen molar-refractivity contribution in [2.24, 2.45) is 0 Å². The molecule has 0 heterocycles. The van der Waals surface area contributed by atoms with Crippen LogP contribution in [0.25, 0.3) is 0 Å². The van der Waals surface area contributed by atoms with Crippen LogP contribution < -0.4 is 5.73 Å². The molecule has 0 fully saturated rings. The van der Waals surface area contributed by atoms with Gasteiger partial charge in [-0.2, -0.15) is 0 Å². The summed E-state index contributed by atoms with van der Waals surface area (Å²) >= 11 is 1.18. The molecule has 6 heteroatoms. The molecular formula is C7H8BrNO3S. The van der Waals surface area contributed by atoms with E-state index in [4.69, 9.17) is 10.3 Å². The Morgan fingerprint density at radius 3 is 2.62 bits per heavy atom. The Balaban J connectivity index is 3.06. The number of halogens is 1. The maximum absolute atomic E-state index is 10.5. The molecule has 0 aliphatic heterocycles. The lowest BCUT2D eigenvalue weighted by atomic mass is 10.2. The predicted molar refractivity (Wildman–Crippen MR) is 54.7 cm³/mol. The van der Waals surface area contributed by atoms with Crippen LogP contribution in [0.2, 0.25) is 0 Å². The van der Waals surface area contributed by atoms with Gasteiger partial charge in [-0.1, -0.05) is 0 Å². The van der Waals surface area contributed by atoms with Crippen LogP contribution >= 0.6 is 15.9 Å². The zero-order valence-corrected chi connectivity index (χ0v) is 8.93. The summed E-state index contributed by atoms with van der Waals surface area (Å²) in [6, 6.07) is 3.02. The number of nitrogens with two attached hydrogens (primary N) is 1. The summed E-state index contributed by atoms with van der Waals surface area (Å²) in [5, 5.41) is 9.25. The second-order valence-electron chi connectivity index (χ2n) is 2.48. The number of hydrogen-bond donors (Lipinski definition) is 3. The maximum Gasteiger partial charge on any atom is 0.157 e. The molecule has 1 aromatic rings. The Kier molecular flexibility index (Phi) is 3.29. The standard InChI is InChI=1S/C7H8BrNO3S/c8-5-1-4(3-13(11)12)2-6(9)7(5)10/h1-2,10H,3,9H2,(H,11,12). The Labute approximate surface area is 86.2 Å². The zero-order chi connectivity index (χ0) is 10.0. The van der Waals surface area contributed by atoms with E-state index in [-0.39, 0.29) is 17.2 Å². The lowest BCUT2D eigenvalue weighted by Crippen LogP contribution is -1.95. The highest BCUT2D eigenvalue weighted by Crippen LogP contribution is 2.31. The molecule has 13 heavy (non-hydrogen) atoms. The summed E-state index contributed by atoms with van der Waals surface area (Å²) in [6.07, 6.45) is 0. The van der Waals surface area contributed by atoms with Crippen molar-refractivity contribution in [3.8, 4) is 5.75 Å². The highest BCUT2D eigenvalue weighted by molar-refractivity contribution is 9.10. The van der Waals surface area contributed by atoms with E-state index >= 15 is 0 Å². The monoisotopic (exact) mass is 265 g/mol. The predicted octanol–water partition coefficient (Wildman–Crippen LogP) is 1.46. The summed E-state index contributed by atoms with van der Waals surface area (Å²) in [4.78, 5) is 0. The third-order valence-electron chi connectivity index (χ3n) is 1.44. The average molecular weight is 266 g/mol. The van der Waals surface area contributed by atoms with Crippen molar-refractivity contribution >= 4 is 32.7 Å². The van der Waals surface area contributed by atoms with Gasteiger partial charge in [0.15, 0.2) is 16.8 Å². The number of rotatable bonds is 2. The van der Waals surface area contributed by atoms with E-state index in [1.54, 1.807) is 6.07 Å². The Hall–Kier alpha value is -0.590. The molecule has 4 nitrogen and oxygen atoms in total. The van der Waals surface area contributed by atoms with Crippen molar-refractivity contribution in [1.29, 1.82) is 0 Å². The van der Waals surface area contributed by atoms with E-state index < -0.39 is 11.1 Å². The van der Waals surface area contributed by atoms with Gasteiger partial charge < -0.3 is 15.4 Å². The van der Waals surface area contributed by atoms with Gasteiger partial charge >= 0.3 is 0 Å². The number of phenols is 1. The van der Waals surface area contributed by atoms with Gasteiger partial charge in [0.1, 0.15) is 0 Å². The van der Waals surface area contributed by atoms with E-state index in [1.165, 1.54) is 6.07 Å². The molecule has 0 aromatic heterocycles. The Bertz CT molecular complexity index is 333. The normalized spacial score (nSPS) is 12.8. The van der Waals surface area contributed by atoms with Crippen LogP contribution in [0.15, 0.2) is 16.6 Å². The van der Waals surface area contributed by atoms with E-state index in [1.807, 2.05) is 0 Å². The smallest absolute Gasteiger partial charge is 0.157 e. The van der Waals surface area contributed by atoms with Crippen molar-refractivity contribution in [2.45, 2.75) is 5.75 Å². The van der Waals surface area contributed by atoms with Gasteiger partial charge in [-0.15, -0.1) is 0 Å². The Morgan fingerprint density at radius 2 is 2.15 bits per heavy atom. The molecule has 0 aliphatic rings. The highest BCUT2D eigenvalue weighted by Gasteiger charge is 2.06. The first-order valence-corrected chi connectivity index (χ1v) is 5.42. The van der Waals surface area contributed by atoms with E-state index in [0.29, 0.717) is 10.0 Å². The quantitative estimate of drug-likeness (QED) is 0.430. The molecule has 1 rings (SSSR count). The van der Waals surface area contributed by atoms with Crippen molar-refractivity contribution in [3.05, 3.63) is 22.2 Å². The minimum atomic E-state index is -1.90. The van der Waals surface area contributed by atoms with Crippen molar-refractivity contribution < 1.29 is 13.9 Å². The number of benzene rings is 1. The van der Waals surface area contributed by atoms with Gasteiger partial charge in [0.25, 0.3) is 0 Å². The van der Waals surface area contributed by atoms with Crippen molar-refractivity contribution in [1.82, 2.24) is 0 Å². The van der Waals surface area contributed by atoms with E-state index in [0.717, 1.165) is 0 Å². The zero-order valence-electron chi connectivity index (χ0n) is 6.53. The van der Waals surface area contributed by atoms with Gasteiger partial charge in [-0.05, 0) is 33.6 Å². The van der Waals surface area contributed by atoms with Gasteiger partial charge in [0.2, 0.25) is 0 Å². The number of nitrogen functional groups attached to an aromatic ring is 1. The first-order valence-electron chi connectivity index (χ1n) is 3.35. The van der Waals surface area contributed by atoms with Gasteiger partial charge in [0, 0.05) is 0 Å². The summed E-state index contributed by atoms with van der Waals surface area (Å²) in [6.45, 7) is 0. The number of anilines is 1. The first-order chi connectivity index (χ1) is 6.00. The summed E-state index contributed by atoms with van der Waals surface area (Å²) in [5.74, 6) is -0.0456. The molecule has 0 aliphatic carbocycles. The lowest BCUT2D eigenvalue weighted by molar-refractivity contribution is 0.474. The lowest BCUT2D eigenvalue weighted by Gasteiger charge is -2.04. The average Bonchev–Trinajstić information content (AvgIpc) is 1.98. The molecule has 1 aromatic carbocycles. The SMILES string of the molecule is Nc1cc(CS(=O)O)cc(Br)c1O. The fourth-order valence-corrected chi connectivity index (χ4v) is 1.88. The summed E-state index contributed by atoms with van der Waals surface area (Å²) < 4.78 is 19.5.